The third-order valence-electron chi connectivity index (χ3n) is 4.54. The van der Waals surface area contributed by atoms with Crippen molar-refractivity contribution in [3.8, 4) is 11.3 Å². The van der Waals surface area contributed by atoms with Crippen LogP contribution < -0.4 is 5.32 Å². The van der Waals surface area contributed by atoms with Gasteiger partial charge in [-0.1, -0.05) is 31.0 Å². The van der Waals surface area contributed by atoms with E-state index >= 15 is 0 Å². The maximum absolute atomic E-state index is 12.2. The average molecular weight is 305 g/mol. The van der Waals surface area contributed by atoms with Crippen molar-refractivity contribution in [3.05, 3.63) is 54.9 Å². The van der Waals surface area contributed by atoms with Gasteiger partial charge in [0.1, 0.15) is 5.65 Å². The van der Waals surface area contributed by atoms with Gasteiger partial charge in [0.2, 0.25) is 5.91 Å². The number of nitrogens with zero attached hydrogens (tertiary/aromatic N) is 2. The topological polar surface area (TPSA) is 46.4 Å². The molecule has 2 aromatic heterocycles. The number of imidazole rings is 1. The van der Waals surface area contributed by atoms with Gasteiger partial charge in [0, 0.05) is 29.6 Å². The smallest absolute Gasteiger partial charge is 0.227 e. The summed E-state index contributed by atoms with van der Waals surface area (Å²) >= 11 is 0. The van der Waals surface area contributed by atoms with Gasteiger partial charge in [-0.15, -0.1) is 0 Å². The van der Waals surface area contributed by atoms with Gasteiger partial charge in [-0.05, 0) is 37.1 Å². The third-order valence-corrected chi connectivity index (χ3v) is 4.54. The molecule has 2 heterocycles. The minimum absolute atomic E-state index is 0.156. The van der Waals surface area contributed by atoms with Crippen molar-refractivity contribution in [2.75, 3.05) is 5.32 Å². The first-order valence-electron chi connectivity index (χ1n) is 8.15. The number of carbonyl (C=O) groups excluding carboxylic acids is 1. The van der Waals surface area contributed by atoms with Crippen molar-refractivity contribution in [2.45, 2.75) is 25.7 Å². The van der Waals surface area contributed by atoms with Crippen LogP contribution in [-0.4, -0.2) is 15.3 Å². The van der Waals surface area contributed by atoms with E-state index in [4.69, 9.17) is 0 Å². The van der Waals surface area contributed by atoms with Gasteiger partial charge < -0.3 is 9.72 Å². The van der Waals surface area contributed by atoms with E-state index in [1.807, 2.05) is 59.3 Å². The molecule has 0 aliphatic heterocycles. The molecule has 4 heteroatoms. The van der Waals surface area contributed by atoms with E-state index in [-0.39, 0.29) is 11.8 Å². The highest BCUT2D eigenvalue weighted by atomic mass is 16.1. The number of rotatable bonds is 3. The van der Waals surface area contributed by atoms with E-state index in [2.05, 4.69) is 10.3 Å². The first-order chi connectivity index (χ1) is 11.3. The van der Waals surface area contributed by atoms with Gasteiger partial charge in [-0.3, -0.25) is 4.79 Å². The Morgan fingerprint density at radius 1 is 1.09 bits per heavy atom. The van der Waals surface area contributed by atoms with Crippen molar-refractivity contribution in [1.82, 2.24) is 9.38 Å². The second-order valence-corrected chi connectivity index (χ2v) is 6.14. The van der Waals surface area contributed by atoms with E-state index in [0.29, 0.717) is 0 Å². The summed E-state index contributed by atoms with van der Waals surface area (Å²) < 4.78 is 2.01. The van der Waals surface area contributed by atoms with Crippen LogP contribution in [0.1, 0.15) is 25.7 Å². The molecule has 0 bridgehead atoms. The molecule has 1 aliphatic rings. The van der Waals surface area contributed by atoms with Crippen LogP contribution in [-0.2, 0) is 4.79 Å². The van der Waals surface area contributed by atoms with Crippen molar-refractivity contribution < 1.29 is 4.79 Å². The van der Waals surface area contributed by atoms with E-state index < -0.39 is 0 Å². The molecule has 3 aromatic rings. The number of nitrogens with one attached hydrogen (secondary N) is 1. The van der Waals surface area contributed by atoms with Crippen LogP contribution in [0.25, 0.3) is 16.9 Å². The lowest BCUT2D eigenvalue weighted by Gasteiger charge is -2.10. The Bertz CT molecular complexity index is 796. The Morgan fingerprint density at radius 3 is 2.61 bits per heavy atom. The number of amides is 1. The molecule has 0 radical (unpaired) electrons. The highest BCUT2D eigenvalue weighted by molar-refractivity contribution is 5.92. The highest BCUT2D eigenvalue weighted by Crippen LogP contribution is 2.27. The normalized spacial score (nSPS) is 15.1. The number of hydrogen-bond acceptors (Lipinski definition) is 2. The standard InChI is InChI=1S/C19H19N3O/c23-19(15-5-1-2-6-15)20-16-10-8-14(9-11-16)17-13-22-12-4-3-7-18(22)21-17/h3-4,7-13,15H,1-2,5-6H2,(H,20,23). The molecule has 0 atom stereocenters. The van der Waals surface area contributed by atoms with Crippen LogP contribution in [0.3, 0.4) is 0 Å². The quantitative estimate of drug-likeness (QED) is 0.791. The van der Waals surface area contributed by atoms with E-state index in [1.165, 1.54) is 12.8 Å². The summed E-state index contributed by atoms with van der Waals surface area (Å²) in [4.78, 5) is 16.8. The molecular formula is C19H19N3O. The van der Waals surface area contributed by atoms with E-state index in [0.717, 1.165) is 35.4 Å². The molecule has 0 unspecified atom stereocenters. The first kappa shape index (κ1) is 14.0. The summed E-state index contributed by atoms with van der Waals surface area (Å²) in [7, 11) is 0. The van der Waals surface area contributed by atoms with E-state index in [9.17, 15) is 4.79 Å². The fraction of sp³-hybridized carbons (Fsp3) is 0.263. The lowest BCUT2D eigenvalue weighted by molar-refractivity contribution is -0.119. The monoisotopic (exact) mass is 305 g/mol. The number of hydrogen-bond donors (Lipinski definition) is 1. The Morgan fingerprint density at radius 2 is 1.87 bits per heavy atom. The summed E-state index contributed by atoms with van der Waals surface area (Å²) in [5.74, 6) is 0.344. The van der Waals surface area contributed by atoms with Gasteiger partial charge in [0.05, 0.1) is 5.69 Å². The maximum Gasteiger partial charge on any atom is 0.227 e. The zero-order valence-corrected chi connectivity index (χ0v) is 12.9. The summed E-state index contributed by atoms with van der Waals surface area (Å²) in [6.45, 7) is 0. The Kier molecular flexibility index (Phi) is 3.58. The fourth-order valence-electron chi connectivity index (χ4n) is 3.23. The zero-order valence-electron chi connectivity index (χ0n) is 12.9. The number of anilines is 1. The van der Waals surface area contributed by atoms with Crippen molar-refractivity contribution in [3.63, 3.8) is 0 Å². The highest BCUT2D eigenvalue weighted by Gasteiger charge is 2.22. The van der Waals surface area contributed by atoms with Gasteiger partial charge in [0.25, 0.3) is 0 Å². The van der Waals surface area contributed by atoms with Gasteiger partial charge in [0.15, 0.2) is 0 Å². The lowest BCUT2D eigenvalue weighted by Crippen LogP contribution is -2.20. The Hall–Kier alpha value is -2.62. The summed E-state index contributed by atoms with van der Waals surface area (Å²) in [6.07, 6.45) is 8.38. The van der Waals surface area contributed by atoms with E-state index in [1.54, 1.807) is 0 Å². The largest absolute Gasteiger partial charge is 0.326 e. The molecule has 1 aromatic carbocycles. The molecule has 116 valence electrons. The molecule has 23 heavy (non-hydrogen) atoms. The van der Waals surface area contributed by atoms with Gasteiger partial charge in [-0.25, -0.2) is 4.98 Å². The third kappa shape index (κ3) is 2.84. The Labute approximate surface area is 135 Å². The maximum atomic E-state index is 12.2. The summed E-state index contributed by atoms with van der Waals surface area (Å²) in [5, 5.41) is 3.02. The molecule has 0 spiro atoms. The minimum atomic E-state index is 0.156. The molecule has 1 N–H and O–H groups in total. The SMILES string of the molecule is O=C(Nc1ccc(-c2cn3ccccc3n2)cc1)C1CCCC1. The predicted octanol–water partition coefficient (Wildman–Crippen LogP) is 4.13. The minimum Gasteiger partial charge on any atom is -0.326 e. The Balaban J connectivity index is 1.52. The fourth-order valence-corrected chi connectivity index (χ4v) is 3.23. The van der Waals surface area contributed by atoms with Crippen LogP contribution in [0.15, 0.2) is 54.9 Å². The molecule has 1 aliphatic carbocycles. The molecular weight excluding hydrogens is 286 g/mol. The van der Waals surface area contributed by atoms with Crippen LogP contribution in [0, 0.1) is 5.92 Å². The molecule has 0 saturated heterocycles. The average Bonchev–Trinajstić information content (AvgIpc) is 3.25. The summed E-state index contributed by atoms with van der Waals surface area (Å²) in [6, 6.07) is 13.9. The second-order valence-electron chi connectivity index (χ2n) is 6.14. The molecule has 1 fully saturated rings. The van der Waals surface area contributed by atoms with Crippen molar-refractivity contribution in [2.24, 2.45) is 5.92 Å². The summed E-state index contributed by atoms with van der Waals surface area (Å²) in [5.41, 5.74) is 3.77. The van der Waals surface area contributed by atoms with Crippen molar-refractivity contribution >= 4 is 17.2 Å². The first-order valence-corrected chi connectivity index (χ1v) is 8.15. The van der Waals surface area contributed by atoms with Gasteiger partial charge >= 0.3 is 0 Å². The zero-order chi connectivity index (χ0) is 15.6. The van der Waals surface area contributed by atoms with Crippen LogP contribution in [0.2, 0.25) is 0 Å². The van der Waals surface area contributed by atoms with Crippen molar-refractivity contribution in [1.29, 1.82) is 0 Å². The number of benzene rings is 1. The number of fused-ring (bicyclic) bond motifs is 1. The second kappa shape index (κ2) is 5.88. The molecule has 1 amide bonds. The molecule has 4 rings (SSSR count). The predicted molar refractivity (Wildman–Crippen MR) is 91.2 cm³/mol. The molecule has 1 saturated carbocycles. The number of aromatic nitrogens is 2. The van der Waals surface area contributed by atoms with Crippen LogP contribution in [0.4, 0.5) is 5.69 Å². The van der Waals surface area contributed by atoms with Crippen LogP contribution >= 0.6 is 0 Å². The van der Waals surface area contributed by atoms with Gasteiger partial charge in [-0.2, -0.15) is 0 Å². The van der Waals surface area contributed by atoms with Crippen LogP contribution in [0.5, 0.6) is 0 Å². The number of carbonyl (C=O) groups is 1. The number of pyridine rings is 1. The molecule has 4 nitrogen and oxygen atoms in total. The lowest BCUT2D eigenvalue weighted by atomic mass is 10.1.